The van der Waals surface area contributed by atoms with E-state index in [1.54, 1.807) is 25.1 Å². The molecule has 0 unspecified atom stereocenters. The van der Waals surface area contributed by atoms with Gasteiger partial charge in [0.05, 0.1) is 15.6 Å². The monoisotopic (exact) mass is 573 g/mol. The Balaban J connectivity index is 2.00. The van der Waals surface area contributed by atoms with Crippen molar-refractivity contribution in [3.05, 3.63) is 94.8 Å². The number of carbonyl (C=O) groups excluding carboxylic acids is 2. The van der Waals surface area contributed by atoms with Crippen LogP contribution in [0.1, 0.15) is 37.8 Å². The maximum atomic E-state index is 13.9. The summed E-state index contributed by atoms with van der Waals surface area (Å²) in [5, 5.41) is 2.56. The summed E-state index contributed by atoms with van der Waals surface area (Å²) >= 11 is 5.98. The highest BCUT2D eigenvalue weighted by atomic mass is 35.5. The topological polar surface area (TPSA) is 86.8 Å². The number of benzene rings is 3. The quantitative estimate of drug-likeness (QED) is 0.297. The maximum absolute atomic E-state index is 13.9. The van der Waals surface area contributed by atoms with Gasteiger partial charge in [-0.25, -0.2) is 12.8 Å². The van der Waals surface area contributed by atoms with Gasteiger partial charge in [-0.2, -0.15) is 0 Å². The lowest BCUT2D eigenvalue weighted by atomic mass is 10.1. The SMILES string of the molecule is CCCCNC(=O)[C@H](C)N(Cc1ccc(C)cc1)C(=O)CN(c1ccc(F)c(Cl)c1)S(=O)(=O)c1ccccc1. The molecule has 3 aromatic carbocycles. The first-order valence-electron chi connectivity index (χ1n) is 12.7. The molecule has 1 N–H and O–H groups in total. The summed E-state index contributed by atoms with van der Waals surface area (Å²) in [5.41, 5.74) is 1.84. The molecule has 0 spiro atoms. The van der Waals surface area contributed by atoms with Crippen molar-refractivity contribution in [3.8, 4) is 0 Å². The molecule has 0 radical (unpaired) electrons. The number of sulfonamides is 1. The summed E-state index contributed by atoms with van der Waals surface area (Å²) in [6.07, 6.45) is 1.69. The van der Waals surface area contributed by atoms with Gasteiger partial charge in [0.25, 0.3) is 10.0 Å². The van der Waals surface area contributed by atoms with Gasteiger partial charge in [0.1, 0.15) is 18.4 Å². The Morgan fingerprint density at radius 2 is 1.69 bits per heavy atom. The highest BCUT2D eigenvalue weighted by molar-refractivity contribution is 7.92. The number of rotatable bonds is 12. The van der Waals surface area contributed by atoms with Gasteiger partial charge < -0.3 is 10.2 Å². The van der Waals surface area contributed by atoms with E-state index >= 15 is 0 Å². The van der Waals surface area contributed by atoms with E-state index in [1.807, 2.05) is 38.1 Å². The van der Waals surface area contributed by atoms with Crippen molar-refractivity contribution in [1.29, 1.82) is 0 Å². The highest BCUT2D eigenvalue weighted by Gasteiger charge is 2.32. The number of unbranched alkanes of at least 4 members (excludes halogenated alkanes) is 1. The van der Waals surface area contributed by atoms with Gasteiger partial charge in [-0.05, 0) is 56.2 Å². The summed E-state index contributed by atoms with van der Waals surface area (Å²) in [7, 11) is -4.25. The molecule has 0 saturated heterocycles. The Kier molecular flexibility index (Phi) is 10.5. The van der Waals surface area contributed by atoms with Crippen LogP contribution in [-0.4, -0.2) is 44.3 Å². The zero-order valence-electron chi connectivity index (χ0n) is 22.2. The zero-order valence-corrected chi connectivity index (χ0v) is 23.8. The summed E-state index contributed by atoms with van der Waals surface area (Å²) in [6, 6.07) is 17.7. The smallest absolute Gasteiger partial charge is 0.264 e. The molecule has 10 heteroatoms. The molecule has 0 aromatic heterocycles. The Labute approximate surface area is 234 Å². The van der Waals surface area contributed by atoms with Crippen LogP contribution in [0.3, 0.4) is 0 Å². The predicted octanol–water partition coefficient (Wildman–Crippen LogP) is 5.32. The number of hydrogen-bond donors (Lipinski definition) is 1. The van der Waals surface area contributed by atoms with Crippen LogP contribution in [0, 0.1) is 12.7 Å². The molecule has 0 aliphatic carbocycles. The van der Waals surface area contributed by atoms with Gasteiger partial charge in [-0.1, -0.05) is 73.0 Å². The van der Waals surface area contributed by atoms with Gasteiger partial charge in [0.15, 0.2) is 0 Å². The molecular weight excluding hydrogens is 541 g/mol. The molecule has 0 saturated carbocycles. The van der Waals surface area contributed by atoms with Crippen LogP contribution in [0.2, 0.25) is 5.02 Å². The molecule has 0 fully saturated rings. The normalized spacial score (nSPS) is 12.0. The van der Waals surface area contributed by atoms with Gasteiger partial charge in [0.2, 0.25) is 11.8 Å². The highest BCUT2D eigenvalue weighted by Crippen LogP contribution is 2.28. The van der Waals surface area contributed by atoms with Gasteiger partial charge in [-0.15, -0.1) is 0 Å². The number of carbonyl (C=O) groups is 2. The summed E-state index contributed by atoms with van der Waals surface area (Å²) in [5.74, 6) is -1.66. The molecule has 0 aliphatic rings. The lowest BCUT2D eigenvalue weighted by molar-refractivity contribution is -0.139. The molecule has 7 nitrogen and oxygen atoms in total. The Morgan fingerprint density at radius 1 is 1.03 bits per heavy atom. The zero-order chi connectivity index (χ0) is 28.6. The van der Waals surface area contributed by atoms with Crippen LogP contribution in [0.4, 0.5) is 10.1 Å². The molecule has 3 rings (SSSR count). The van der Waals surface area contributed by atoms with Crippen LogP contribution in [-0.2, 0) is 26.2 Å². The minimum atomic E-state index is -4.25. The van der Waals surface area contributed by atoms with E-state index < -0.39 is 34.3 Å². The maximum Gasteiger partial charge on any atom is 0.264 e. The summed E-state index contributed by atoms with van der Waals surface area (Å²) in [6.45, 7) is 5.48. The van der Waals surface area contributed by atoms with E-state index in [4.69, 9.17) is 11.6 Å². The van der Waals surface area contributed by atoms with E-state index in [-0.39, 0.29) is 28.1 Å². The van der Waals surface area contributed by atoms with Crippen molar-refractivity contribution < 1.29 is 22.4 Å². The largest absolute Gasteiger partial charge is 0.354 e. The van der Waals surface area contributed by atoms with Crippen molar-refractivity contribution in [1.82, 2.24) is 10.2 Å². The third-order valence-corrected chi connectivity index (χ3v) is 8.35. The minimum absolute atomic E-state index is 0.0222. The van der Waals surface area contributed by atoms with Crippen LogP contribution < -0.4 is 9.62 Å². The van der Waals surface area contributed by atoms with E-state index in [1.165, 1.54) is 23.1 Å². The van der Waals surface area contributed by atoms with Crippen molar-refractivity contribution >= 4 is 39.1 Å². The lowest BCUT2D eigenvalue weighted by Gasteiger charge is -2.32. The Morgan fingerprint density at radius 3 is 2.31 bits per heavy atom. The van der Waals surface area contributed by atoms with E-state index in [0.717, 1.165) is 40.4 Å². The minimum Gasteiger partial charge on any atom is -0.354 e. The second kappa shape index (κ2) is 13.6. The number of anilines is 1. The van der Waals surface area contributed by atoms with Crippen molar-refractivity contribution in [2.75, 3.05) is 17.4 Å². The summed E-state index contributed by atoms with van der Waals surface area (Å²) in [4.78, 5) is 28.1. The van der Waals surface area contributed by atoms with Crippen molar-refractivity contribution in [3.63, 3.8) is 0 Å². The Bertz CT molecular complexity index is 1390. The molecule has 0 aliphatic heterocycles. The Hall–Kier alpha value is -3.43. The molecule has 1 atom stereocenters. The first-order valence-corrected chi connectivity index (χ1v) is 14.5. The third kappa shape index (κ3) is 7.80. The average molecular weight is 574 g/mol. The van der Waals surface area contributed by atoms with E-state index in [9.17, 15) is 22.4 Å². The van der Waals surface area contributed by atoms with Crippen molar-refractivity contribution in [2.24, 2.45) is 0 Å². The van der Waals surface area contributed by atoms with Crippen LogP contribution >= 0.6 is 11.6 Å². The molecule has 39 heavy (non-hydrogen) atoms. The van der Waals surface area contributed by atoms with Crippen molar-refractivity contribution in [2.45, 2.75) is 51.1 Å². The van der Waals surface area contributed by atoms with E-state index in [2.05, 4.69) is 5.32 Å². The molecule has 0 bridgehead atoms. The molecule has 3 aromatic rings. The number of aryl methyl sites for hydroxylation is 1. The second-order valence-corrected chi connectivity index (χ2v) is 11.5. The number of halogens is 2. The first-order chi connectivity index (χ1) is 18.5. The first kappa shape index (κ1) is 30.1. The van der Waals surface area contributed by atoms with Crippen LogP contribution in [0.25, 0.3) is 0 Å². The fourth-order valence-electron chi connectivity index (χ4n) is 3.90. The van der Waals surface area contributed by atoms with E-state index in [0.29, 0.717) is 6.54 Å². The predicted molar refractivity (Wildman–Crippen MR) is 151 cm³/mol. The molecule has 2 amide bonds. The van der Waals surface area contributed by atoms with Crippen LogP contribution in [0.5, 0.6) is 0 Å². The second-order valence-electron chi connectivity index (χ2n) is 9.25. The average Bonchev–Trinajstić information content (AvgIpc) is 2.93. The lowest BCUT2D eigenvalue weighted by Crippen LogP contribution is -2.51. The fraction of sp³-hybridized carbons (Fsp3) is 0.310. The van der Waals surface area contributed by atoms with Crippen LogP contribution in [0.15, 0.2) is 77.7 Å². The van der Waals surface area contributed by atoms with Gasteiger partial charge in [0, 0.05) is 13.1 Å². The van der Waals surface area contributed by atoms with Gasteiger partial charge in [-0.3, -0.25) is 13.9 Å². The number of hydrogen-bond acceptors (Lipinski definition) is 4. The molecule has 0 heterocycles. The molecular formula is C29H33ClFN3O4S. The standard InChI is InChI=1S/C29H33ClFN3O4S/c1-4-5-17-32-29(36)22(3)33(19-23-13-11-21(2)12-14-23)28(35)20-34(24-15-16-27(31)26(30)18-24)39(37,38)25-9-7-6-8-10-25/h6-16,18,22H,4-5,17,19-20H2,1-3H3,(H,32,36)/t22-/m0/s1. The third-order valence-electron chi connectivity index (χ3n) is 6.27. The number of nitrogens with one attached hydrogen (secondary N) is 1. The van der Waals surface area contributed by atoms with Gasteiger partial charge >= 0.3 is 0 Å². The molecule has 208 valence electrons. The number of amides is 2. The summed E-state index contributed by atoms with van der Waals surface area (Å²) < 4.78 is 42.2. The number of nitrogens with zero attached hydrogens (tertiary/aromatic N) is 2. The fourth-order valence-corrected chi connectivity index (χ4v) is 5.50.